The molecule has 6 heteroatoms. The Morgan fingerprint density at radius 2 is 1.95 bits per heavy atom. The minimum absolute atomic E-state index is 0.125. The summed E-state index contributed by atoms with van der Waals surface area (Å²) in [6.07, 6.45) is 0. The summed E-state index contributed by atoms with van der Waals surface area (Å²) in [6, 6.07) is 6.72. The fourth-order valence-corrected chi connectivity index (χ4v) is 2.02. The van der Waals surface area contributed by atoms with Gasteiger partial charge in [-0.25, -0.2) is 4.98 Å². The van der Waals surface area contributed by atoms with E-state index in [0.29, 0.717) is 23.5 Å². The van der Waals surface area contributed by atoms with Crippen LogP contribution in [0.5, 0.6) is 0 Å². The predicted molar refractivity (Wildman–Crippen MR) is 74.5 cm³/mol. The van der Waals surface area contributed by atoms with E-state index in [1.807, 2.05) is 6.92 Å². The van der Waals surface area contributed by atoms with E-state index < -0.39 is 0 Å². The van der Waals surface area contributed by atoms with Crippen LogP contribution in [0.4, 0.5) is 5.69 Å². The SMILES string of the molecule is CCNC(=O)c1ccc(NC(=O)c2cscn2)cc1. The van der Waals surface area contributed by atoms with Crippen LogP contribution in [0.1, 0.15) is 27.8 Å². The van der Waals surface area contributed by atoms with Gasteiger partial charge in [-0.1, -0.05) is 0 Å². The third-order valence-corrected chi connectivity index (χ3v) is 2.99. The van der Waals surface area contributed by atoms with Gasteiger partial charge in [0.1, 0.15) is 5.69 Å². The van der Waals surface area contributed by atoms with Gasteiger partial charge in [0.2, 0.25) is 0 Å². The van der Waals surface area contributed by atoms with Crippen LogP contribution in [0.2, 0.25) is 0 Å². The van der Waals surface area contributed by atoms with Crippen molar-refractivity contribution in [2.75, 3.05) is 11.9 Å². The zero-order valence-corrected chi connectivity index (χ0v) is 11.2. The van der Waals surface area contributed by atoms with Crippen LogP contribution in [-0.4, -0.2) is 23.3 Å². The number of anilines is 1. The molecule has 1 aromatic carbocycles. The van der Waals surface area contributed by atoms with E-state index in [4.69, 9.17) is 0 Å². The third kappa shape index (κ3) is 3.38. The van der Waals surface area contributed by atoms with Gasteiger partial charge in [-0.05, 0) is 31.2 Å². The first-order valence-electron chi connectivity index (χ1n) is 5.78. The van der Waals surface area contributed by atoms with Gasteiger partial charge in [-0.3, -0.25) is 9.59 Å². The molecule has 2 aromatic rings. The molecular formula is C13H13N3O2S. The number of amides is 2. The Labute approximate surface area is 114 Å². The number of hydrogen-bond donors (Lipinski definition) is 2. The molecule has 2 amide bonds. The van der Waals surface area contributed by atoms with Crippen LogP contribution < -0.4 is 10.6 Å². The number of benzene rings is 1. The van der Waals surface area contributed by atoms with Crippen LogP contribution in [-0.2, 0) is 0 Å². The Kier molecular flexibility index (Phi) is 4.25. The van der Waals surface area contributed by atoms with E-state index >= 15 is 0 Å². The van der Waals surface area contributed by atoms with E-state index in [2.05, 4.69) is 15.6 Å². The summed E-state index contributed by atoms with van der Waals surface area (Å²) < 4.78 is 0. The second-order valence-corrected chi connectivity index (χ2v) is 4.48. The molecule has 0 aliphatic heterocycles. The second-order valence-electron chi connectivity index (χ2n) is 3.76. The molecule has 98 valence electrons. The highest BCUT2D eigenvalue weighted by atomic mass is 32.1. The van der Waals surface area contributed by atoms with Crippen LogP contribution in [0.25, 0.3) is 0 Å². The maximum atomic E-state index is 11.8. The highest BCUT2D eigenvalue weighted by molar-refractivity contribution is 7.07. The molecule has 0 unspecified atom stereocenters. The summed E-state index contributed by atoms with van der Waals surface area (Å²) in [6.45, 7) is 2.45. The molecule has 0 bridgehead atoms. The highest BCUT2D eigenvalue weighted by Crippen LogP contribution is 2.11. The number of nitrogens with zero attached hydrogens (tertiary/aromatic N) is 1. The Bertz CT molecular complexity index is 564. The van der Waals surface area contributed by atoms with E-state index in [1.54, 1.807) is 35.2 Å². The third-order valence-electron chi connectivity index (χ3n) is 2.41. The molecule has 0 radical (unpaired) electrons. The first kappa shape index (κ1) is 13.2. The monoisotopic (exact) mass is 275 g/mol. The smallest absolute Gasteiger partial charge is 0.275 e. The molecule has 0 spiro atoms. The van der Waals surface area contributed by atoms with Crippen LogP contribution in [0.3, 0.4) is 0 Å². The van der Waals surface area contributed by atoms with Crippen molar-refractivity contribution in [2.45, 2.75) is 6.92 Å². The van der Waals surface area contributed by atoms with Crippen molar-refractivity contribution in [3.63, 3.8) is 0 Å². The van der Waals surface area contributed by atoms with Crippen LogP contribution in [0, 0.1) is 0 Å². The van der Waals surface area contributed by atoms with Gasteiger partial charge in [-0.2, -0.15) is 0 Å². The number of carbonyl (C=O) groups excluding carboxylic acids is 2. The van der Waals surface area contributed by atoms with Gasteiger partial charge in [-0.15, -0.1) is 11.3 Å². The van der Waals surface area contributed by atoms with E-state index in [1.165, 1.54) is 11.3 Å². The quantitative estimate of drug-likeness (QED) is 0.898. The lowest BCUT2D eigenvalue weighted by Crippen LogP contribution is -2.22. The fourth-order valence-electron chi connectivity index (χ4n) is 1.49. The minimum Gasteiger partial charge on any atom is -0.352 e. The van der Waals surface area contributed by atoms with E-state index in [9.17, 15) is 9.59 Å². The lowest BCUT2D eigenvalue weighted by molar-refractivity contribution is 0.0955. The van der Waals surface area contributed by atoms with Gasteiger partial charge in [0.05, 0.1) is 5.51 Å². The average Bonchev–Trinajstić information content (AvgIpc) is 2.94. The average molecular weight is 275 g/mol. The fraction of sp³-hybridized carbons (Fsp3) is 0.154. The molecule has 1 heterocycles. The van der Waals surface area contributed by atoms with Crippen molar-refractivity contribution in [3.8, 4) is 0 Å². The molecule has 0 saturated heterocycles. The maximum absolute atomic E-state index is 11.8. The van der Waals surface area contributed by atoms with Crippen molar-refractivity contribution in [1.82, 2.24) is 10.3 Å². The molecule has 2 N–H and O–H groups in total. The Balaban J connectivity index is 2.03. The van der Waals surface area contributed by atoms with Crippen molar-refractivity contribution in [1.29, 1.82) is 0 Å². The Morgan fingerprint density at radius 3 is 2.53 bits per heavy atom. The number of rotatable bonds is 4. The second kappa shape index (κ2) is 6.10. The molecule has 0 aliphatic rings. The maximum Gasteiger partial charge on any atom is 0.275 e. The Hall–Kier alpha value is -2.21. The van der Waals surface area contributed by atoms with Crippen LogP contribution in [0.15, 0.2) is 35.2 Å². The number of nitrogens with one attached hydrogen (secondary N) is 2. The van der Waals surface area contributed by atoms with E-state index in [-0.39, 0.29) is 11.8 Å². The predicted octanol–water partition coefficient (Wildman–Crippen LogP) is 2.15. The normalized spacial score (nSPS) is 9.95. The lowest BCUT2D eigenvalue weighted by atomic mass is 10.2. The molecule has 2 rings (SSSR count). The zero-order chi connectivity index (χ0) is 13.7. The summed E-state index contributed by atoms with van der Waals surface area (Å²) in [7, 11) is 0. The molecule has 0 saturated carbocycles. The topological polar surface area (TPSA) is 71.1 Å². The van der Waals surface area contributed by atoms with Gasteiger partial charge >= 0.3 is 0 Å². The summed E-state index contributed by atoms with van der Waals surface area (Å²) in [5, 5.41) is 7.10. The van der Waals surface area contributed by atoms with Crippen LogP contribution >= 0.6 is 11.3 Å². The van der Waals surface area contributed by atoms with Crippen molar-refractivity contribution in [3.05, 3.63) is 46.4 Å². The summed E-state index contributed by atoms with van der Waals surface area (Å²) in [5.74, 6) is -0.383. The standard InChI is InChI=1S/C13H13N3O2S/c1-2-14-12(17)9-3-5-10(6-4-9)16-13(18)11-7-19-8-15-11/h3-8H,2H2,1H3,(H,14,17)(H,16,18). The van der Waals surface area contributed by atoms with Gasteiger partial charge in [0.25, 0.3) is 11.8 Å². The summed E-state index contributed by atoms with van der Waals surface area (Å²) >= 11 is 1.37. The highest BCUT2D eigenvalue weighted by Gasteiger charge is 2.08. The molecule has 0 atom stereocenters. The zero-order valence-electron chi connectivity index (χ0n) is 10.3. The molecular weight excluding hydrogens is 262 g/mol. The van der Waals surface area contributed by atoms with Gasteiger partial charge in [0.15, 0.2) is 0 Å². The first-order valence-corrected chi connectivity index (χ1v) is 6.72. The largest absolute Gasteiger partial charge is 0.352 e. The molecule has 1 aromatic heterocycles. The molecule has 0 fully saturated rings. The first-order chi connectivity index (χ1) is 9.20. The number of aromatic nitrogens is 1. The Morgan fingerprint density at radius 1 is 1.21 bits per heavy atom. The number of hydrogen-bond acceptors (Lipinski definition) is 4. The number of carbonyl (C=O) groups is 2. The lowest BCUT2D eigenvalue weighted by Gasteiger charge is -2.05. The van der Waals surface area contributed by atoms with Crippen molar-refractivity contribution < 1.29 is 9.59 Å². The van der Waals surface area contributed by atoms with Crippen molar-refractivity contribution in [2.24, 2.45) is 0 Å². The summed E-state index contributed by atoms with van der Waals surface area (Å²) in [5.41, 5.74) is 3.19. The van der Waals surface area contributed by atoms with Gasteiger partial charge < -0.3 is 10.6 Å². The molecule has 0 aliphatic carbocycles. The van der Waals surface area contributed by atoms with Crippen molar-refractivity contribution >= 4 is 28.8 Å². The molecule has 19 heavy (non-hydrogen) atoms. The van der Waals surface area contributed by atoms with Gasteiger partial charge in [0, 0.05) is 23.2 Å². The van der Waals surface area contributed by atoms with E-state index in [0.717, 1.165) is 0 Å². The molecule has 5 nitrogen and oxygen atoms in total. The summed E-state index contributed by atoms with van der Waals surface area (Å²) in [4.78, 5) is 27.2. The number of thiazole rings is 1. The minimum atomic E-state index is -0.257.